The van der Waals surface area contributed by atoms with Gasteiger partial charge in [0.1, 0.15) is 5.75 Å². The number of phenolic OH excluding ortho intramolecular Hbond substituents is 1. The molecule has 0 heterocycles. The van der Waals surface area contributed by atoms with Crippen LogP contribution in [0.15, 0.2) is 24.3 Å². The fourth-order valence-electron chi connectivity index (χ4n) is 0.751. The van der Waals surface area contributed by atoms with Crippen LogP contribution in [0.5, 0.6) is 5.75 Å². The zero-order valence-electron chi connectivity index (χ0n) is 6.62. The van der Waals surface area contributed by atoms with E-state index in [-0.39, 0.29) is 12.4 Å². The summed E-state index contributed by atoms with van der Waals surface area (Å²) >= 11 is 0. The number of rotatable bonds is 3. The molecule has 0 aliphatic rings. The van der Waals surface area contributed by atoms with Crippen LogP contribution in [0.25, 0.3) is 0 Å². The van der Waals surface area contributed by atoms with Crippen LogP contribution in [0.3, 0.4) is 0 Å². The number of benzene rings is 1. The molecular formula is C7H9O5P. The van der Waals surface area contributed by atoms with Crippen LogP contribution in [-0.4, -0.2) is 14.9 Å². The van der Waals surface area contributed by atoms with Crippen molar-refractivity contribution in [3.63, 3.8) is 0 Å². The first-order valence-electron chi connectivity index (χ1n) is 3.45. The summed E-state index contributed by atoms with van der Waals surface area (Å²) in [5, 5.41) is 8.89. The zero-order valence-corrected chi connectivity index (χ0v) is 7.52. The third-order valence-electron chi connectivity index (χ3n) is 1.34. The van der Waals surface area contributed by atoms with E-state index in [1.165, 1.54) is 24.3 Å². The minimum atomic E-state index is -4.41. The van der Waals surface area contributed by atoms with E-state index in [1.54, 1.807) is 0 Å². The molecule has 1 rings (SSSR count). The number of aromatic hydroxyl groups is 1. The van der Waals surface area contributed by atoms with E-state index in [0.29, 0.717) is 5.56 Å². The normalized spacial score (nSPS) is 11.5. The molecule has 0 amide bonds. The van der Waals surface area contributed by atoms with Gasteiger partial charge in [0.15, 0.2) is 0 Å². The van der Waals surface area contributed by atoms with Gasteiger partial charge in [-0.25, -0.2) is 4.57 Å². The Bertz CT molecular complexity index is 314. The Labute approximate surface area is 74.8 Å². The summed E-state index contributed by atoms with van der Waals surface area (Å²) < 4.78 is 14.5. The molecule has 13 heavy (non-hydrogen) atoms. The van der Waals surface area contributed by atoms with Crippen molar-refractivity contribution in [3.05, 3.63) is 29.8 Å². The maximum atomic E-state index is 10.3. The van der Waals surface area contributed by atoms with Crippen LogP contribution in [0.2, 0.25) is 0 Å². The lowest BCUT2D eigenvalue weighted by Crippen LogP contribution is -1.89. The van der Waals surface area contributed by atoms with Crippen molar-refractivity contribution >= 4 is 7.82 Å². The van der Waals surface area contributed by atoms with Gasteiger partial charge in [0.25, 0.3) is 0 Å². The second kappa shape index (κ2) is 3.89. The number of hydrogen-bond donors (Lipinski definition) is 3. The number of hydrogen-bond acceptors (Lipinski definition) is 3. The van der Waals surface area contributed by atoms with Crippen molar-refractivity contribution < 1.29 is 24.0 Å². The van der Waals surface area contributed by atoms with Gasteiger partial charge in [-0.05, 0) is 17.7 Å². The van der Waals surface area contributed by atoms with Gasteiger partial charge in [0.05, 0.1) is 6.61 Å². The van der Waals surface area contributed by atoms with Crippen molar-refractivity contribution in [1.82, 2.24) is 0 Å². The van der Waals surface area contributed by atoms with Gasteiger partial charge < -0.3 is 14.9 Å². The smallest absolute Gasteiger partial charge is 0.469 e. The molecule has 0 spiro atoms. The predicted molar refractivity (Wildman–Crippen MR) is 44.9 cm³/mol. The van der Waals surface area contributed by atoms with E-state index in [0.717, 1.165) is 0 Å². The largest absolute Gasteiger partial charge is 0.508 e. The Balaban J connectivity index is 2.56. The molecule has 0 saturated carbocycles. The van der Waals surface area contributed by atoms with Crippen LogP contribution >= 0.6 is 7.82 Å². The monoisotopic (exact) mass is 204 g/mol. The summed E-state index contributed by atoms with van der Waals surface area (Å²) in [5.74, 6) is 0.0972. The lowest BCUT2D eigenvalue weighted by Gasteiger charge is -2.04. The minimum Gasteiger partial charge on any atom is -0.508 e. The van der Waals surface area contributed by atoms with E-state index in [9.17, 15) is 4.57 Å². The second-order valence-electron chi connectivity index (χ2n) is 2.43. The lowest BCUT2D eigenvalue weighted by atomic mass is 10.2. The fraction of sp³-hybridized carbons (Fsp3) is 0.143. The lowest BCUT2D eigenvalue weighted by molar-refractivity contribution is 0.189. The topological polar surface area (TPSA) is 87.0 Å². The first-order chi connectivity index (χ1) is 5.97. The molecule has 0 bridgehead atoms. The standard InChI is InChI=1S/C7H9O5P/c8-7-3-1-6(2-4-7)5-12-13(9,10)11/h1-4,8H,5H2,(H2,9,10,11). The van der Waals surface area contributed by atoms with Crippen LogP contribution in [0.1, 0.15) is 5.56 Å². The highest BCUT2D eigenvalue weighted by atomic mass is 31.2. The predicted octanol–water partition coefficient (Wildman–Crippen LogP) is 1.00. The van der Waals surface area contributed by atoms with Crippen LogP contribution < -0.4 is 0 Å². The van der Waals surface area contributed by atoms with Crippen molar-refractivity contribution in [1.29, 1.82) is 0 Å². The minimum absolute atomic E-state index is 0.0972. The second-order valence-corrected chi connectivity index (χ2v) is 3.67. The van der Waals surface area contributed by atoms with E-state index in [4.69, 9.17) is 14.9 Å². The summed E-state index contributed by atoms with van der Waals surface area (Å²) in [6.45, 7) is -0.176. The quantitative estimate of drug-likeness (QED) is 0.639. The van der Waals surface area contributed by atoms with Crippen LogP contribution in [-0.2, 0) is 15.7 Å². The van der Waals surface area contributed by atoms with E-state index >= 15 is 0 Å². The average Bonchev–Trinajstić information content (AvgIpc) is 2.02. The van der Waals surface area contributed by atoms with Crippen LogP contribution in [0, 0.1) is 0 Å². The zero-order chi connectivity index (χ0) is 9.90. The number of phenols is 1. The highest BCUT2D eigenvalue weighted by Crippen LogP contribution is 2.36. The molecule has 0 aliphatic carbocycles. The molecule has 0 aromatic heterocycles. The van der Waals surface area contributed by atoms with Crippen molar-refractivity contribution in [3.8, 4) is 5.75 Å². The van der Waals surface area contributed by atoms with Crippen molar-refractivity contribution in [2.75, 3.05) is 0 Å². The van der Waals surface area contributed by atoms with Gasteiger partial charge >= 0.3 is 7.82 Å². The van der Waals surface area contributed by atoms with E-state index in [1.807, 2.05) is 0 Å². The van der Waals surface area contributed by atoms with Crippen molar-refractivity contribution in [2.24, 2.45) is 0 Å². The fourth-order valence-corrected chi connectivity index (χ4v) is 1.07. The van der Waals surface area contributed by atoms with Gasteiger partial charge in [0.2, 0.25) is 0 Å². The first-order valence-corrected chi connectivity index (χ1v) is 4.98. The molecule has 5 nitrogen and oxygen atoms in total. The Morgan fingerprint density at radius 2 is 1.77 bits per heavy atom. The molecule has 1 aromatic rings. The molecule has 0 unspecified atom stereocenters. The Morgan fingerprint density at radius 3 is 2.23 bits per heavy atom. The maximum Gasteiger partial charge on any atom is 0.469 e. The SMILES string of the molecule is O=P(O)(O)OCc1ccc(O)cc1. The van der Waals surface area contributed by atoms with Crippen molar-refractivity contribution in [2.45, 2.75) is 6.61 Å². The molecule has 6 heteroatoms. The summed E-state index contributed by atoms with van der Waals surface area (Å²) in [7, 11) is -4.41. The summed E-state index contributed by atoms with van der Waals surface area (Å²) in [5.41, 5.74) is 0.584. The third-order valence-corrected chi connectivity index (χ3v) is 1.80. The molecule has 0 fully saturated rings. The van der Waals surface area contributed by atoms with E-state index < -0.39 is 7.82 Å². The third kappa shape index (κ3) is 4.05. The molecule has 0 atom stereocenters. The summed E-state index contributed by atoms with van der Waals surface area (Å²) in [6, 6.07) is 5.87. The summed E-state index contributed by atoms with van der Waals surface area (Å²) in [4.78, 5) is 16.7. The number of phosphoric ester groups is 1. The Kier molecular flexibility index (Phi) is 3.06. The molecule has 1 aromatic carbocycles. The maximum absolute atomic E-state index is 10.3. The molecule has 3 N–H and O–H groups in total. The van der Waals surface area contributed by atoms with Gasteiger partial charge in [-0.3, -0.25) is 4.52 Å². The first kappa shape index (κ1) is 10.2. The van der Waals surface area contributed by atoms with E-state index in [2.05, 4.69) is 4.52 Å². The Hall–Kier alpha value is -0.870. The molecule has 0 saturated heterocycles. The molecule has 0 aliphatic heterocycles. The number of phosphoric acid groups is 1. The van der Waals surface area contributed by atoms with Crippen LogP contribution in [0.4, 0.5) is 0 Å². The average molecular weight is 204 g/mol. The van der Waals surface area contributed by atoms with Gasteiger partial charge in [-0.15, -0.1) is 0 Å². The highest BCUT2D eigenvalue weighted by Gasteiger charge is 2.13. The Morgan fingerprint density at radius 1 is 1.23 bits per heavy atom. The van der Waals surface area contributed by atoms with Gasteiger partial charge in [0, 0.05) is 0 Å². The summed E-state index contributed by atoms with van der Waals surface area (Å²) in [6.07, 6.45) is 0. The molecule has 0 radical (unpaired) electrons. The highest BCUT2D eigenvalue weighted by molar-refractivity contribution is 7.46. The molecular weight excluding hydrogens is 195 g/mol. The van der Waals surface area contributed by atoms with Gasteiger partial charge in [-0.2, -0.15) is 0 Å². The molecule has 72 valence electrons. The van der Waals surface area contributed by atoms with Gasteiger partial charge in [-0.1, -0.05) is 12.1 Å².